The van der Waals surface area contributed by atoms with E-state index in [0.29, 0.717) is 30.4 Å². The number of nitrogens with zero attached hydrogens (tertiary/aromatic N) is 2. The number of aryl methyl sites for hydroxylation is 1. The molecule has 1 aliphatic heterocycles. The van der Waals surface area contributed by atoms with Gasteiger partial charge in [-0.2, -0.15) is 0 Å². The first-order valence-electron chi connectivity index (χ1n) is 11.4. The predicted octanol–water partition coefficient (Wildman–Crippen LogP) is 3.81. The Kier molecular flexibility index (Phi) is 6.98. The highest BCUT2D eigenvalue weighted by atomic mass is 16.1. The van der Waals surface area contributed by atoms with E-state index in [1.165, 1.54) is 6.07 Å². The monoisotopic (exact) mass is 443 g/mol. The van der Waals surface area contributed by atoms with Crippen molar-refractivity contribution >= 4 is 23.1 Å². The van der Waals surface area contributed by atoms with Gasteiger partial charge in [0.15, 0.2) is 5.84 Å². The molecule has 0 spiro atoms. The van der Waals surface area contributed by atoms with Crippen molar-refractivity contribution in [2.45, 2.75) is 45.1 Å². The highest BCUT2D eigenvalue weighted by Crippen LogP contribution is 2.33. The van der Waals surface area contributed by atoms with E-state index in [2.05, 4.69) is 10.3 Å². The normalized spacial score (nSPS) is 15.9. The fourth-order valence-corrected chi connectivity index (χ4v) is 3.79. The fourth-order valence-electron chi connectivity index (χ4n) is 3.79. The van der Waals surface area contributed by atoms with Crippen LogP contribution in [0.4, 0.5) is 5.69 Å². The number of unbranched alkanes of at least 4 members (excludes halogenated alkanes) is 1. The molecule has 4 N–H and O–H groups in total. The molecule has 7 nitrogen and oxygen atoms in total. The summed E-state index contributed by atoms with van der Waals surface area (Å²) in [6, 6.07) is 12.7. The highest BCUT2D eigenvalue weighted by molar-refractivity contribution is 6.19. The Labute approximate surface area is 193 Å². The van der Waals surface area contributed by atoms with E-state index in [0.717, 1.165) is 48.2 Å². The van der Waals surface area contributed by atoms with Crippen molar-refractivity contribution in [2.24, 2.45) is 16.6 Å². The molecule has 0 unspecified atom stereocenters. The topological polar surface area (TPSA) is 113 Å². The summed E-state index contributed by atoms with van der Waals surface area (Å²) in [6.07, 6.45) is 10.5. The minimum absolute atomic E-state index is 0.148. The summed E-state index contributed by atoms with van der Waals surface area (Å²) >= 11 is 0. The minimum atomic E-state index is -0.152. The predicted molar refractivity (Wildman–Crippen MR) is 132 cm³/mol. The van der Waals surface area contributed by atoms with E-state index >= 15 is 0 Å². The van der Waals surface area contributed by atoms with Crippen LogP contribution in [0.25, 0.3) is 0 Å². The number of anilines is 1. The minimum Gasteiger partial charge on any atom is -0.402 e. The van der Waals surface area contributed by atoms with Crippen LogP contribution >= 0.6 is 0 Å². The molecule has 0 radical (unpaired) electrons. The second-order valence-corrected chi connectivity index (χ2v) is 8.59. The van der Waals surface area contributed by atoms with Gasteiger partial charge in [-0.05, 0) is 55.9 Å². The summed E-state index contributed by atoms with van der Waals surface area (Å²) in [7, 11) is 0. The summed E-state index contributed by atoms with van der Waals surface area (Å²) < 4.78 is 1.64. The Hall–Kier alpha value is -3.74. The van der Waals surface area contributed by atoms with Crippen molar-refractivity contribution in [3.05, 3.63) is 88.0 Å². The lowest BCUT2D eigenvalue weighted by Crippen LogP contribution is -2.21. The highest BCUT2D eigenvalue weighted by Gasteiger charge is 2.29. The number of rotatable bonds is 10. The van der Waals surface area contributed by atoms with E-state index in [4.69, 9.17) is 11.1 Å². The number of amides is 1. The number of nitrogens with one attached hydrogen (secondary N) is 2. The molecule has 0 saturated heterocycles. The molecule has 1 fully saturated rings. The molecular weight excluding hydrogens is 414 g/mol. The molecule has 170 valence electrons. The first-order valence-corrected chi connectivity index (χ1v) is 11.4. The standard InChI is InChI=1S/C26H29N5O2/c27-21(15-20-16-23(19-9-10-19)30-26(20)28)8-4-5-12-31-13-11-22(17-25(31)33)29-24(32)14-18-6-2-1-3-7-18/h1-3,6-7,11,13,15-17,19,28H,4-5,8-10,12,14,27H2,(H,29,32). The van der Waals surface area contributed by atoms with Crippen molar-refractivity contribution in [1.82, 2.24) is 4.57 Å². The smallest absolute Gasteiger partial charge is 0.252 e. The molecule has 2 heterocycles. The fraction of sp³-hybridized carbons (Fsp3) is 0.308. The second kappa shape index (κ2) is 10.3. The van der Waals surface area contributed by atoms with Gasteiger partial charge in [0.1, 0.15) is 0 Å². The average Bonchev–Trinajstić information content (AvgIpc) is 3.57. The second-order valence-electron chi connectivity index (χ2n) is 8.59. The van der Waals surface area contributed by atoms with Crippen LogP contribution in [0.3, 0.4) is 0 Å². The molecule has 2 aliphatic rings. The van der Waals surface area contributed by atoms with Gasteiger partial charge in [0, 0.05) is 47.4 Å². The first kappa shape index (κ1) is 22.5. The molecule has 1 amide bonds. The summed E-state index contributed by atoms with van der Waals surface area (Å²) in [5.74, 6) is 0.669. The lowest BCUT2D eigenvalue weighted by atomic mass is 10.1. The number of amidine groups is 1. The van der Waals surface area contributed by atoms with Crippen molar-refractivity contribution in [3.63, 3.8) is 0 Å². The van der Waals surface area contributed by atoms with E-state index in [1.807, 2.05) is 42.5 Å². The number of pyridine rings is 1. The average molecular weight is 444 g/mol. The van der Waals surface area contributed by atoms with Crippen molar-refractivity contribution in [2.75, 3.05) is 5.32 Å². The summed E-state index contributed by atoms with van der Waals surface area (Å²) in [4.78, 5) is 28.9. The number of hydrogen-bond donors (Lipinski definition) is 3. The van der Waals surface area contributed by atoms with Gasteiger partial charge in [0.05, 0.1) is 6.42 Å². The van der Waals surface area contributed by atoms with Gasteiger partial charge in [0.25, 0.3) is 5.56 Å². The summed E-state index contributed by atoms with van der Waals surface area (Å²) in [5, 5.41) is 10.8. The summed E-state index contributed by atoms with van der Waals surface area (Å²) in [6.45, 7) is 0.581. The van der Waals surface area contributed by atoms with Gasteiger partial charge in [-0.1, -0.05) is 30.3 Å². The van der Waals surface area contributed by atoms with Gasteiger partial charge in [-0.25, -0.2) is 4.99 Å². The molecule has 1 aromatic carbocycles. The first-order chi connectivity index (χ1) is 16.0. The number of benzene rings is 1. The molecule has 1 aliphatic carbocycles. The third-order valence-corrected chi connectivity index (χ3v) is 5.76. The van der Waals surface area contributed by atoms with Gasteiger partial charge >= 0.3 is 0 Å². The van der Waals surface area contributed by atoms with Crippen LogP contribution in [0.5, 0.6) is 0 Å². The third-order valence-electron chi connectivity index (χ3n) is 5.76. The van der Waals surface area contributed by atoms with Crippen LogP contribution in [0.15, 0.2) is 81.9 Å². The molecule has 1 saturated carbocycles. The van der Waals surface area contributed by atoms with Crippen LogP contribution < -0.4 is 16.6 Å². The number of carbonyl (C=O) groups is 1. The molecule has 0 atom stereocenters. The SMILES string of the molecule is N=C1N=C(C2CC2)C=C1C=C(N)CCCCn1ccc(NC(=O)Cc2ccccc2)cc1=O. The maximum Gasteiger partial charge on any atom is 0.252 e. The Morgan fingerprint density at radius 1 is 1.21 bits per heavy atom. The molecule has 33 heavy (non-hydrogen) atoms. The Balaban J connectivity index is 1.22. The van der Waals surface area contributed by atoms with E-state index in [9.17, 15) is 9.59 Å². The van der Waals surface area contributed by atoms with Gasteiger partial charge in [-0.15, -0.1) is 0 Å². The molecular formula is C26H29N5O2. The number of carbonyl (C=O) groups excluding carboxylic acids is 1. The van der Waals surface area contributed by atoms with Crippen LogP contribution in [0, 0.1) is 11.3 Å². The maximum atomic E-state index is 12.4. The van der Waals surface area contributed by atoms with Crippen LogP contribution in [0.2, 0.25) is 0 Å². The summed E-state index contributed by atoms with van der Waals surface area (Å²) in [5.41, 5.74) is 9.95. The largest absolute Gasteiger partial charge is 0.402 e. The number of hydrogen-bond acceptors (Lipinski definition) is 4. The van der Waals surface area contributed by atoms with Crippen LogP contribution in [-0.4, -0.2) is 22.0 Å². The lowest BCUT2D eigenvalue weighted by molar-refractivity contribution is -0.115. The number of nitrogens with two attached hydrogens (primary N) is 1. The molecule has 0 bridgehead atoms. The molecule has 1 aromatic heterocycles. The Morgan fingerprint density at radius 3 is 2.73 bits per heavy atom. The van der Waals surface area contributed by atoms with Crippen molar-refractivity contribution < 1.29 is 4.79 Å². The third kappa shape index (κ3) is 6.38. The zero-order valence-corrected chi connectivity index (χ0v) is 18.6. The number of aliphatic imine (C=N–C) groups is 1. The van der Waals surface area contributed by atoms with Crippen LogP contribution in [0.1, 0.15) is 37.7 Å². The Bertz CT molecular complexity index is 1190. The van der Waals surface area contributed by atoms with Crippen LogP contribution in [-0.2, 0) is 17.8 Å². The zero-order valence-electron chi connectivity index (χ0n) is 18.6. The molecule has 7 heteroatoms. The lowest BCUT2D eigenvalue weighted by Gasteiger charge is -2.09. The zero-order chi connectivity index (χ0) is 23.2. The van der Waals surface area contributed by atoms with Crippen molar-refractivity contribution in [1.29, 1.82) is 5.41 Å². The maximum absolute atomic E-state index is 12.4. The molecule has 4 rings (SSSR count). The Morgan fingerprint density at radius 2 is 2.00 bits per heavy atom. The van der Waals surface area contributed by atoms with Gasteiger partial charge in [0.2, 0.25) is 5.91 Å². The van der Waals surface area contributed by atoms with Crippen molar-refractivity contribution in [3.8, 4) is 0 Å². The number of allylic oxidation sites excluding steroid dienone is 2. The van der Waals surface area contributed by atoms with Gasteiger partial charge < -0.3 is 15.6 Å². The van der Waals surface area contributed by atoms with Gasteiger partial charge in [-0.3, -0.25) is 15.0 Å². The number of aromatic nitrogens is 1. The van der Waals surface area contributed by atoms with E-state index in [-0.39, 0.29) is 17.9 Å². The quantitative estimate of drug-likeness (QED) is 0.485. The van der Waals surface area contributed by atoms with E-state index < -0.39 is 0 Å². The van der Waals surface area contributed by atoms with E-state index in [1.54, 1.807) is 16.8 Å². The molecule has 2 aromatic rings.